The number of carbonyl (C=O) groups is 2. The summed E-state index contributed by atoms with van der Waals surface area (Å²) in [7, 11) is 0. The van der Waals surface area contributed by atoms with Crippen molar-refractivity contribution in [1.29, 1.82) is 0 Å². The van der Waals surface area contributed by atoms with E-state index < -0.39 is 5.97 Å². The molecule has 0 spiro atoms. The van der Waals surface area contributed by atoms with Gasteiger partial charge in [0.15, 0.2) is 0 Å². The van der Waals surface area contributed by atoms with Crippen LogP contribution in [0.1, 0.15) is 23.7 Å². The molecule has 0 saturated carbocycles. The van der Waals surface area contributed by atoms with Gasteiger partial charge in [-0.2, -0.15) is 0 Å². The fraction of sp³-hybridized carbons (Fsp3) is 0.250. The van der Waals surface area contributed by atoms with Crippen LogP contribution in [0.3, 0.4) is 0 Å². The Morgan fingerprint density at radius 1 is 1.00 bits per heavy atom. The Hall–Kier alpha value is -3.61. The van der Waals surface area contributed by atoms with Crippen molar-refractivity contribution in [1.82, 2.24) is 14.8 Å². The highest BCUT2D eigenvalue weighted by atomic mass is 19.1. The lowest BCUT2D eigenvalue weighted by molar-refractivity contribution is -0.141. The van der Waals surface area contributed by atoms with Gasteiger partial charge in [-0.1, -0.05) is 42.5 Å². The van der Waals surface area contributed by atoms with Crippen LogP contribution in [0.15, 0.2) is 72.9 Å². The quantitative estimate of drug-likeness (QED) is 0.530. The van der Waals surface area contributed by atoms with Crippen LogP contribution in [-0.4, -0.2) is 34.6 Å². The monoisotopic (exact) mass is 423 g/mol. The van der Waals surface area contributed by atoms with E-state index in [2.05, 4.69) is 5.32 Å². The van der Waals surface area contributed by atoms with E-state index in [0.29, 0.717) is 19.6 Å². The van der Waals surface area contributed by atoms with Crippen molar-refractivity contribution in [3.05, 3.63) is 95.6 Å². The molecule has 3 aromatic rings. The van der Waals surface area contributed by atoms with Gasteiger partial charge in [0.05, 0.1) is 13.2 Å². The number of nitrogens with zero attached hydrogens (tertiary/aromatic N) is 2. The van der Waals surface area contributed by atoms with E-state index in [4.69, 9.17) is 4.74 Å². The zero-order chi connectivity index (χ0) is 22.1. The molecule has 2 amide bonds. The number of esters is 1. The van der Waals surface area contributed by atoms with Gasteiger partial charge in [-0.3, -0.25) is 4.79 Å². The van der Waals surface area contributed by atoms with E-state index in [0.717, 1.165) is 16.8 Å². The third-order valence-electron chi connectivity index (χ3n) is 4.71. The van der Waals surface area contributed by atoms with Crippen LogP contribution < -0.4 is 5.32 Å². The van der Waals surface area contributed by atoms with Crippen molar-refractivity contribution < 1.29 is 18.7 Å². The van der Waals surface area contributed by atoms with Crippen LogP contribution in [0.5, 0.6) is 0 Å². The van der Waals surface area contributed by atoms with Crippen LogP contribution in [0.2, 0.25) is 0 Å². The minimum Gasteiger partial charge on any atom is -0.465 e. The topological polar surface area (TPSA) is 63.6 Å². The van der Waals surface area contributed by atoms with Gasteiger partial charge in [0, 0.05) is 25.0 Å². The van der Waals surface area contributed by atoms with Crippen molar-refractivity contribution in [2.75, 3.05) is 13.2 Å². The second kappa shape index (κ2) is 11.0. The molecule has 7 heteroatoms. The molecule has 2 aromatic carbocycles. The zero-order valence-electron chi connectivity index (χ0n) is 17.5. The number of benzene rings is 2. The number of hydrogen-bond acceptors (Lipinski definition) is 3. The van der Waals surface area contributed by atoms with Crippen LogP contribution in [0, 0.1) is 5.82 Å². The molecule has 1 N–H and O–H groups in total. The summed E-state index contributed by atoms with van der Waals surface area (Å²) in [6, 6.07) is 19.5. The molecular formula is C24H26FN3O3. The number of ether oxygens (including phenoxy) is 1. The summed E-state index contributed by atoms with van der Waals surface area (Å²) in [5.74, 6) is -0.764. The maximum atomic E-state index is 13.6. The normalized spacial score (nSPS) is 10.5. The molecular weight excluding hydrogens is 397 g/mol. The lowest BCUT2D eigenvalue weighted by Gasteiger charge is -2.24. The Kier molecular flexibility index (Phi) is 7.81. The van der Waals surface area contributed by atoms with Gasteiger partial charge in [0.1, 0.15) is 12.4 Å². The lowest BCUT2D eigenvalue weighted by atomic mass is 10.2. The molecule has 1 aromatic heterocycles. The molecule has 1 heterocycles. The first kappa shape index (κ1) is 22.1. The van der Waals surface area contributed by atoms with E-state index in [-0.39, 0.29) is 25.0 Å². The largest absolute Gasteiger partial charge is 0.465 e. The average Bonchev–Trinajstić information content (AvgIpc) is 3.19. The van der Waals surface area contributed by atoms with E-state index in [1.165, 1.54) is 12.1 Å². The number of urea groups is 1. The van der Waals surface area contributed by atoms with Gasteiger partial charge in [0.2, 0.25) is 0 Å². The van der Waals surface area contributed by atoms with Crippen molar-refractivity contribution in [2.45, 2.75) is 26.6 Å². The second-order valence-corrected chi connectivity index (χ2v) is 7.06. The third kappa shape index (κ3) is 6.70. The van der Waals surface area contributed by atoms with Crippen LogP contribution in [-0.2, 0) is 29.2 Å². The Morgan fingerprint density at radius 2 is 1.77 bits per heavy atom. The lowest BCUT2D eigenvalue weighted by Crippen LogP contribution is -2.42. The summed E-state index contributed by atoms with van der Waals surface area (Å²) in [4.78, 5) is 26.1. The Bertz CT molecular complexity index is 1000. The Morgan fingerprint density at radius 3 is 2.52 bits per heavy atom. The predicted octanol–water partition coefficient (Wildman–Crippen LogP) is 3.95. The maximum absolute atomic E-state index is 13.6. The number of aromatic nitrogens is 1. The molecule has 0 bridgehead atoms. The molecule has 0 aliphatic carbocycles. The van der Waals surface area contributed by atoms with Crippen LogP contribution >= 0.6 is 0 Å². The Balaban J connectivity index is 1.74. The fourth-order valence-electron chi connectivity index (χ4n) is 3.25. The van der Waals surface area contributed by atoms with E-state index in [1.807, 2.05) is 59.3 Å². The minimum atomic E-state index is -0.481. The zero-order valence-corrected chi connectivity index (χ0v) is 17.5. The molecule has 31 heavy (non-hydrogen) atoms. The van der Waals surface area contributed by atoms with Gasteiger partial charge in [-0.05, 0) is 42.3 Å². The van der Waals surface area contributed by atoms with Crippen molar-refractivity contribution in [3.8, 4) is 0 Å². The van der Waals surface area contributed by atoms with Gasteiger partial charge in [-0.25, -0.2) is 9.18 Å². The molecule has 0 saturated heterocycles. The summed E-state index contributed by atoms with van der Waals surface area (Å²) in [5, 5.41) is 2.63. The molecule has 0 radical (unpaired) electrons. The fourth-order valence-corrected chi connectivity index (χ4v) is 3.25. The molecule has 162 valence electrons. The van der Waals surface area contributed by atoms with Gasteiger partial charge in [-0.15, -0.1) is 0 Å². The molecule has 0 unspecified atom stereocenters. The number of hydrogen-bond donors (Lipinski definition) is 1. The van der Waals surface area contributed by atoms with Crippen molar-refractivity contribution >= 4 is 12.0 Å². The van der Waals surface area contributed by atoms with E-state index >= 15 is 0 Å². The average molecular weight is 423 g/mol. The van der Waals surface area contributed by atoms with E-state index in [9.17, 15) is 14.0 Å². The molecule has 3 rings (SSSR count). The summed E-state index contributed by atoms with van der Waals surface area (Å²) in [5.41, 5.74) is 2.70. The van der Waals surface area contributed by atoms with Crippen molar-refractivity contribution in [3.63, 3.8) is 0 Å². The number of nitrogens with one attached hydrogen (secondary N) is 1. The summed E-state index contributed by atoms with van der Waals surface area (Å²) in [6.45, 7) is 2.97. The first-order valence-corrected chi connectivity index (χ1v) is 10.2. The number of rotatable bonds is 9. The molecule has 0 aliphatic heterocycles. The molecule has 0 atom stereocenters. The van der Waals surface area contributed by atoms with Gasteiger partial charge < -0.3 is 19.5 Å². The molecule has 0 aliphatic rings. The smallest absolute Gasteiger partial charge is 0.325 e. The minimum absolute atomic E-state index is 0.192. The summed E-state index contributed by atoms with van der Waals surface area (Å²) >= 11 is 0. The highest BCUT2D eigenvalue weighted by Crippen LogP contribution is 2.14. The van der Waals surface area contributed by atoms with E-state index in [1.54, 1.807) is 17.9 Å². The summed E-state index contributed by atoms with van der Waals surface area (Å²) < 4.78 is 20.4. The second-order valence-electron chi connectivity index (χ2n) is 7.06. The number of halogens is 1. The first-order chi connectivity index (χ1) is 15.0. The molecule has 0 fully saturated rings. The van der Waals surface area contributed by atoms with Gasteiger partial charge in [0.25, 0.3) is 0 Å². The first-order valence-electron chi connectivity index (χ1n) is 10.2. The Labute approximate surface area is 181 Å². The molecule has 6 nitrogen and oxygen atoms in total. The third-order valence-corrected chi connectivity index (χ3v) is 4.71. The summed E-state index contributed by atoms with van der Waals surface area (Å²) in [6.07, 6.45) is 1.90. The SMILES string of the molecule is CCOC(=O)CNC(=O)N(Cc1ccccc1)Cc1cccn1Cc1cccc(F)c1. The standard InChI is InChI=1S/C24H26FN3O3/c1-2-31-23(29)15-26-24(30)28(16-19-8-4-3-5-9-19)18-22-12-7-13-27(22)17-20-10-6-11-21(25)14-20/h3-14H,2,15-18H2,1H3,(H,26,30). The number of carbonyl (C=O) groups excluding carboxylic acids is 2. The predicted molar refractivity (Wildman–Crippen MR) is 116 cm³/mol. The number of amides is 2. The van der Waals surface area contributed by atoms with Gasteiger partial charge >= 0.3 is 12.0 Å². The highest BCUT2D eigenvalue weighted by molar-refractivity contribution is 5.80. The van der Waals surface area contributed by atoms with Crippen LogP contribution in [0.4, 0.5) is 9.18 Å². The highest BCUT2D eigenvalue weighted by Gasteiger charge is 2.17. The maximum Gasteiger partial charge on any atom is 0.325 e. The van der Waals surface area contributed by atoms with Crippen LogP contribution in [0.25, 0.3) is 0 Å². The van der Waals surface area contributed by atoms with Crippen molar-refractivity contribution in [2.24, 2.45) is 0 Å².